The van der Waals surface area contributed by atoms with Crippen LogP contribution in [0.25, 0.3) is 0 Å². The van der Waals surface area contributed by atoms with E-state index in [2.05, 4.69) is 0 Å². The van der Waals surface area contributed by atoms with E-state index in [0.717, 1.165) is 0 Å². The van der Waals surface area contributed by atoms with Gasteiger partial charge in [0.1, 0.15) is 0 Å². The van der Waals surface area contributed by atoms with Gasteiger partial charge >= 0.3 is 0 Å². The van der Waals surface area contributed by atoms with E-state index < -0.39 is 26.7 Å². The summed E-state index contributed by atoms with van der Waals surface area (Å²) >= 11 is 2.93. The molecule has 0 spiro atoms. The Bertz CT molecular complexity index is 316. The number of rotatable bonds is 3. The summed E-state index contributed by atoms with van der Waals surface area (Å²) in [6.45, 7) is 0. The van der Waals surface area contributed by atoms with E-state index in [1.807, 2.05) is 0 Å². The second-order valence-electron chi connectivity index (χ2n) is 1.73. The van der Waals surface area contributed by atoms with Crippen molar-refractivity contribution in [3.05, 3.63) is 0 Å². The van der Waals surface area contributed by atoms with Gasteiger partial charge in [-0.25, -0.2) is 0 Å². The Morgan fingerprint density at radius 2 is 1.07 bits per heavy atom. The van der Waals surface area contributed by atoms with E-state index >= 15 is 0 Å². The monoisotopic (exact) mass is 488 g/mol. The van der Waals surface area contributed by atoms with E-state index in [-0.39, 0.29) is 59.1 Å². The van der Waals surface area contributed by atoms with Crippen molar-refractivity contribution in [2.75, 3.05) is 0 Å². The van der Waals surface area contributed by atoms with Gasteiger partial charge in [-0.15, -0.1) is 0 Å². The molecule has 0 atom stereocenters. The third kappa shape index (κ3) is 8.38. The van der Waals surface area contributed by atoms with E-state index in [4.69, 9.17) is 9.11 Å². The molecule has 0 aliphatic carbocycles. The quantitative estimate of drug-likeness (QED) is 0.241. The van der Waals surface area contributed by atoms with Gasteiger partial charge in [-0.05, 0) is 0 Å². The summed E-state index contributed by atoms with van der Waals surface area (Å²) in [7, 11) is -9.55. The second-order valence-corrected chi connectivity index (χ2v) is 10.2. The zero-order valence-electron chi connectivity index (χ0n) is 7.25. The first-order chi connectivity index (χ1) is 5.07. The number of halogens is 2. The molecule has 2 radical (unpaired) electrons. The first kappa shape index (κ1) is 22.5. The van der Waals surface area contributed by atoms with Gasteiger partial charge in [-0.2, -0.15) is 16.8 Å². The van der Waals surface area contributed by atoms with Gasteiger partial charge in [0.05, 0.1) is 1.93 Å². The fourth-order valence-electron chi connectivity index (χ4n) is 0.414. The maximum atomic E-state index is 10.4. The van der Waals surface area contributed by atoms with Crippen LogP contribution in [0.5, 0.6) is 0 Å². The number of hydrogen-bond donors (Lipinski definition) is 2. The molecule has 76 valence electrons. The van der Waals surface area contributed by atoms with Gasteiger partial charge in [0.15, 0.2) is 0 Å². The molecule has 0 aromatic rings. The molecule has 0 amide bonds. The number of hydrogen-bond acceptors (Lipinski definition) is 4. The molecule has 0 saturated carbocycles. The summed E-state index contributed by atoms with van der Waals surface area (Å²) in [5.74, 6) is 0. The van der Waals surface area contributed by atoms with Crippen LogP contribution in [0.3, 0.4) is 0 Å². The number of alkyl halides is 2. The molecule has 12 heteroatoms. The molecule has 2 N–H and O–H groups in total. The van der Waals surface area contributed by atoms with Crippen molar-refractivity contribution >= 4 is 125 Å². The van der Waals surface area contributed by atoms with Crippen molar-refractivity contribution in [1.29, 1.82) is 0 Å². The third-order valence-corrected chi connectivity index (χ3v) is 7.36. The molecule has 0 bridgehead atoms. The topological polar surface area (TPSA) is 109 Å². The summed E-state index contributed by atoms with van der Waals surface area (Å²) in [6, 6.07) is 0. The van der Waals surface area contributed by atoms with E-state index in [1.54, 1.807) is 0 Å². The van der Waals surface area contributed by atoms with Gasteiger partial charge in [-0.3, -0.25) is 9.11 Å². The molecular weight excluding hydrogens is 484 g/mol. The van der Waals surface area contributed by atoms with Gasteiger partial charge in [-0.1, -0.05) is 45.2 Å². The second kappa shape index (κ2) is 8.39. The molecule has 0 rings (SSSR count). The van der Waals surface area contributed by atoms with Crippen molar-refractivity contribution in [3.63, 3.8) is 0 Å². The first-order valence-electron chi connectivity index (χ1n) is 2.27. The Balaban J connectivity index is -0.000000605. The molecule has 14 heavy (non-hydrogen) atoms. The largest absolute Gasteiger partial charge is 0.286 e. The zero-order valence-corrected chi connectivity index (χ0v) is 17.2. The molecule has 0 aliphatic rings. The van der Waals surface area contributed by atoms with Crippen LogP contribution in [-0.4, -0.2) is 91.6 Å². The Morgan fingerprint density at radius 3 is 1.07 bits per heavy atom. The molecule has 0 heterocycles. The van der Waals surface area contributed by atoms with Crippen molar-refractivity contribution in [3.8, 4) is 0 Å². The molecular formula is C2H4I2Na2O6S2. The summed E-state index contributed by atoms with van der Waals surface area (Å²) in [5.41, 5.74) is 0. The molecule has 0 unspecified atom stereocenters. The zero-order chi connectivity index (χ0) is 10.2. The van der Waals surface area contributed by atoms with Gasteiger partial charge < -0.3 is 0 Å². The Labute approximate surface area is 154 Å². The minimum absolute atomic E-state index is 0. The van der Waals surface area contributed by atoms with E-state index in [9.17, 15) is 16.8 Å². The Hall–Kier alpha value is 3.28. The van der Waals surface area contributed by atoms with Crippen molar-refractivity contribution in [2.45, 2.75) is 6.51 Å². The normalized spacial score (nSPS) is 12.1. The maximum absolute atomic E-state index is 10.4. The van der Waals surface area contributed by atoms with Crippen molar-refractivity contribution < 1.29 is 25.9 Å². The molecule has 0 saturated heterocycles. The molecule has 0 aromatic heterocycles. The van der Waals surface area contributed by atoms with E-state index in [0.29, 0.717) is 0 Å². The molecule has 0 aliphatic heterocycles. The van der Waals surface area contributed by atoms with Crippen LogP contribution in [0.2, 0.25) is 0 Å². The minimum atomic E-state index is -4.77. The standard InChI is InChI=1S/C2H4I2O6S2.2Na/c3-1(4)2(11(5,6)7)12(8,9)10;;/h1-2H,(H,5,6,7)(H,8,9,10);;. The van der Waals surface area contributed by atoms with Crippen LogP contribution in [0.4, 0.5) is 0 Å². The van der Waals surface area contributed by atoms with Crippen LogP contribution < -0.4 is 0 Å². The average Bonchev–Trinajstić information content (AvgIpc) is 1.49. The molecule has 6 nitrogen and oxygen atoms in total. The van der Waals surface area contributed by atoms with Gasteiger partial charge in [0, 0.05) is 59.1 Å². The SMILES string of the molecule is O=S(=O)(O)C(C(I)I)S(=O)(=O)O.[Na].[Na]. The van der Waals surface area contributed by atoms with Crippen LogP contribution in [0.1, 0.15) is 0 Å². The van der Waals surface area contributed by atoms with E-state index in [1.165, 1.54) is 45.2 Å². The molecule has 0 fully saturated rings. The van der Waals surface area contributed by atoms with Crippen LogP contribution in [0, 0.1) is 0 Å². The Kier molecular flexibility index (Phi) is 13.5. The summed E-state index contributed by atoms with van der Waals surface area (Å²) in [6.07, 6.45) is 0. The smallest absolute Gasteiger partial charge is 0.284 e. The summed E-state index contributed by atoms with van der Waals surface area (Å²) in [5, 5.41) is 0. The van der Waals surface area contributed by atoms with Gasteiger partial charge in [0.2, 0.25) is 4.58 Å². The Morgan fingerprint density at radius 1 is 0.857 bits per heavy atom. The first-order valence-corrected chi connectivity index (χ1v) is 7.77. The van der Waals surface area contributed by atoms with Crippen LogP contribution in [-0.2, 0) is 20.2 Å². The predicted octanol–water partition coefficient (Wildman–Crippen LogP) is -0.477. The minimum Gasteiger partial charge on any atom is -0.284 e. The summed E-state index contributed by atoms with van der Waals surface area (Å²) < 4.78 is 55.4. The molecule has 0 aromatic carbocycles. The average molecular weight is 488 g/mol. The van der Waals surface area contributed by atoms with Gasteiger partial charge in [0.25, 0.3) is 20.2 Å². The van der Waals surface area contributed by atoms with Crippen LogP contribution in [0.15, 0.2) is 0 Å². The van der Waals surface area contributed by atoms with Crippen molar-refractivity contribution in [2.24, 2.45) is 0 Å². The van der Waals surface area contributed by atoms with Crippen molar-refractivity contribution in [1.82, 2.24) is 0 Å². The van der Waals surface area contributed by atoms with Crippen LogP contribution >= 0.6 is 45.2 Å². The fraction of sp³-hybridized carbons (Fsp3) is 1.00. The predicted molar refractivity (Wildman–Crippen MR) is 70.2 cm³/mol. The fourth-order valence-corrected chi connectivity index (χ4v) is 6.62. The third-order valence-electron chi connectivity index (χ3n) is 0.793. The maximum Gasteiger partial charge on any atom is 0.286 e. The summed E-state index contributed by atoms with van der Waals surface area (Å²) in [4.78, 5) is 0.